The zero-order valence-electron chi connectivity index (χ0n) is 19.8. The van der Waals surface area contributed by atoms with Crippen molar-refractivity contribution in [3.63, 3.8) is 0 Å². The van der Waals surface area contributed by atoms with Gasteiger partial charge in [-0.1, -0.05) is 17.7 Å². The van der Waals surface area contributed by atoms with Gasteiger partial charge in [0, 0.05) is 12.1 Å². The van der Waals surface area contributed by atoms with Crippen molar-refractivity contribution < 1.29 is 33.3 Å². The molecule has 0 radical (unpaired) electrons. The molecule has 190 valence electrons. The summed E-state index contributed by atoms with van der Waals surface area (Å²) in [5, 5.41) is 9.74. The Kier molecular flexibility index (Phi) is 7.07. The third kappa shape index (κ3) is 5.29. The van der Waals surface area contributed by atoms with Crippen LogP contribution in [0.1, 0.15) is 25.7 Å². The van der Waals surface area contributed by atoms with E-state index in [0.29, 0.717) is 69.9 Å². The molecule has 0 amide bonds. The van der Waals surface area contributed by atoms with Crippen molar-refractivity contribution >= 4 is 28.5 Å². The smallest absolute Gasteiger partial charge is 0.306 e. The molecule has 2 fully saturated rings. The Morgan fingerprint density at radius 2 is 1.89 bits per heavy atom. The van der Waals surface area contributed by atoms with Gasteiger partial charge in [0.1, 0.15) is 18.1 Å². The average Bonchev–Trinajstić information content (AvgIpc) is 3.66. The molecule has 2 aliphatic carbocycles. The van der Waals surface area contributed by atoms with E-state index in [9.17, 15) is 9.59 Å². The maximum Gasteiger partial charge on any atom is 0.306 e. The lowest BCUT2D eigenvalue weighted by Gasteiger charge is -2.32. The minimum absolute atomic E-state index is 0.0810. The number of halogens is 1. The second-order valence-corrected chi connectivity index (χ2v) is 9.60. The molecule has 1 N–H and O–H groups in total. The lowest BCUT2D eigenvalue weighted by molar-refractivity contribution is -0.151. The van der Waals surface area contributed by atoms with Crippen molar-refractivity contribution in [3.8, 4) is 28.6 Å². The Hall–Kier alpha value is -3.23. The molecule has 8 nitrogen and oxygen atoms in total. The molecular weight excluding hydrogens is 488 g/mol. The quantitative estimate of drug-likeness (QED) is 0.349. The number of hydrogen-bond acceptors (Lipinski definition) is 7. The molecule has 0 saturated heterocycles. The highest BCUT2D eigenvalue weighted by molar-refractivity contribution is 6.34. The minimum Gasteiger partial charge on any atom is -0.493 e. The Morgan fingerprint density at radius 3 is 2.61 bits per heavy atom. The maximum absolute atomic E-state index is 12.8. The van der Waals surface area contributed by atoms with E-state index in [4.69, 9.17) is 40.1 Å². The molecule has 1 heterocycles. The second kappa shape index (κ2) is 10.4. The van der Waals surface area contributed by atoms with Gasteiger partial charge in [-0.25, -0.2) is 0 Å². The first-order valence-corrected chi connectivity index (χ1v) is 12.4. The van der Waals surface area contributed by atoms with E-state index in [1.54, 1.807) is 37.4 Å². The van der Waals surface area contributed by atoms with E-state index < -0.39 is 5.97 Å². The summed E-state index contributed by atoms with van der Waals surface area (Å²) in [5.41, 5.74) is 0.595. The van der Waals surface area contributed by atoms with Crippen LogP contribution < -0.4 is 19.6 Å². The van der Waals surface area contributed by atoms with E-state index in [1.807, 2.05) is 0 Å². The van der Waals surface area contributed by atoms with Gasteiger partial charge in [0.25, 0.3) is 0 Å². The van der Waals surface area contributed by atoms with Crippen LogP contribution in [0.2, 0.25) is 5.02 Å². The van der Waals surface area contributed by atoms with Crippen molar-refractivity contribution in [2.75, 3.05) is 26.9 Å². The molecule has 36 heavy (non-hydrogen) atoms. The highest BCUT2D eigenvalue weighted by Crippen LogP contribution is 2.42. The Labute approximate surface area is 212 Å². The van der Waals surface area contributed by atoms with Crippen molar-refractivity contribution in [2.24, 2.45) is 11.8 Å². The van der Waals surface area contributed by atoms with Gasteiger partial charge in [0.2, 0.25) is 0 Å². The van der Waals surface area contributed by atoms with E-state index >= 15 is 0 Å². The molecule has 2 saturated carbocycles. The first kappa shape index (κ1) is 24.5. The molecule has 1 aromatic heterocycles. The van der Waals surface area contributed by atoms with Gasteiger partial charge in [-0.05, 0) is 49.8 Å². The lowest BCUT2D eigenvalue weighted by atomic mass is 9.82. The molecule has 2 aliphatic rings. The highest BCUT2D eigenvalue weighted by Gasteiger charge is 2.35. The van der Waals surface area contributed by atoms with Crippen LogP contribution in [-0.2, 0) is 9.53 Å². The van der Waals surface area contributed by atoms with Gasteiger partial charge in [-0.15, -0.1) is 0 Å². The molecule has 5 rings (SSSR count). The number of hydrogen-bond donors (Lipinski definition) is 1. The number of ether oxygens (including phenoxy) is 4. The molecule has 2 aromatic carbocycles. The van der Waals surface area contributed by atoms with Gasteiger partial charge >= 0.3 is 5.97 Å². The molecule has 0 spiro atoms. The van der Waals surface area contributed by atoms with Crippen LogP contribution in [-0.4, -0.2) is 44.1 Å². The number of fused-ring (bicyclic) bond motifs is 1. The summed E-state index contributed by atoms with van der Waals surface area (Å²) in [6, 6.07) is 9.90. The Balaban J connectivity index is 1.41. The third-order valence-corrected chi connectivity index (χ3v) is 6.85. The van der Waals surface area contributed by atoms with Crippen LogP contribution in [0.5, 0.6) is 17.2 Å². The first-order valence-electron chi connectivity index (χ1n) is 12.0. The van der Waals surface area contributed by atoms with E-state index in [1.165, 1.54) is 6.07 Å². The summed E-state index contributed by atoms with van der Waals surface area (Å²) in [6.07, 6.45) is 3.21. The number of carbonyl (C=O) groups is 1. The topological polar surface area (TPSA) is 104 Å². The summed E-state index contributed by atoms with van der Waals surface area (Å²) in [4.78, 5) is 23.8. The second-order valence-electron chi connectivity index (χ2n) is 9.19. The predicted octanol–water partition coefficient (Wildman–Crippen LogP) is 5.17. The predicted molar refractivity (Wildman–Crippen MR) is 133 cm³/mol. The highest BCUT2D eigenvalue weighted by atomic mass is 35.5. The number of rotatable bonds is 11. The van der Waals surface area contributed by atoms with Crippen LogP contribution in [0.15, 0.2) is 45.6 Å². The van der Waals surface area contributed by atoms with Crippen LogP contribution in [0, 0.1) is 11.8 Å². The number of para-hydroxylation sites is 1. The Morgan fingerprint density at radius 1 is 1.08 bits per heavy atom. The summed E-state index contributed by atoms with van der Waals surface area (Å²) in [5.74, 6) is 1.16. The largest absolute Gasteiger partial charge is 0.493 e. The fraction of sp³-hybridized carbons (Fsp3) is 0.407. The van der Waals surface area contributed by atoms with Gasteiger partial charge in [0.15, 0.2) is 22.5 Å². The minimum atomic E-state index is -0.788. The fourth-order valence-corrected chi connectivity index (χ4v) is 4.38. The van der Waals surface area contributed by atoms with Crippen molar-refractivity contribution in [2.45, 2.75) is 31.8 Å². The van der Waals surface area contributed by atoms with Crippen LogP contribution in [0.3, 0.4) is 0 Å². The molecular formula is C27H27ClO8. The van der Waals surface area contributed by atoms with Crippen LogP contribution in [0.25, 0.3) is 22.3 Å². The normalized spacial score (nSPS) is 19.1. The summed E-state index contributed by atoms with van der Waals surface area (Å²) >= 11 is 6.32. The fourth-order valence-electron chi connectivity index (χ4n) is 4.16. The molecule has 0 atom stereocenters. The summed E-state index contributed by atoms with van der Waals surface area (Å²) in [6.45, 7) is 1.08. The lowest BCUT2D eigenvalue weighted by Crippen LogP contribution is -2.37. The molecule has 3 aromatic rings. The first-order chi connectivity index (χ1) is 17.4. The molecule has 0 unspecified atom stereocenters. The van der Waals surface area contributed by atoms with Gasteiger partial charge in [-0.2, -0.15) is 0 Å². The number of methoxy groups -OCH3 is 1. The SMILES string of the molecule is COc1cc(OCCO[C@H]2C[C@@H](C(=O)O)C2)c(-c2cc(=O)c3cccc(Cl)c3o2)cc1OCC1CC1. The van der Waals surface area contributed by atoms with Crippen LogP contribution >= 0.6 is 11.6 Å². The van der Waals surface area contributed by atoms with E-state index in [2.05, 4.69) is 0 Å². The van der Waals surface area contributed by atoms with E-state index in [0.717, 1.165) is 12.8 Å². The van der Waals surface area contributed by atoms with Crippen molar-refractivity contribution in [1.82, 2.24) is 0 Å². The van der Waals surface area contributed by atoms with Gasteiger partial charge in [-0.3, -0.25) is 9.59 Å². The maximum atomic E-state index is 12.8. The van der Waals surface area contributed by atoms with Crippen LogP contribution in [0.4, 0.5) is 0 Å². The third-order valence-electron chi connectivity index (χ3n) is 6.55. The van der Waals surface area contributed by atoms with Crippen molar-refractivity contribution in [1.29, 1.82) is 0 Å². The van der Waals surface area contributed by atoms with Gasteiger partial charge < -0.3 is 28.5 Å². The average molecular weight is 515 g/mol. The van der Waals surface area contributed by atoms with Crippen molar-refractivity contribution in [3.05, 3.63) is 51.6 Å². The Bertz CT molecular complexity index is 1320. The number of benzene rings is 2. The van der Waals surface area contributed by atoms with E-state index in [-0.39, 0.29) is 30.7 Å². The molecule has 9 heteroatoms. The zero-order valence-corrected chi connectivity index (χ0v) is 20.6. The number of carboxylic acids is 1. The molecule has 0 bridgehead atoms. The number of aliphatic carboxylic acids is 1. The van der Waals surface area contributed by atoms with Gasteiger partial charge in [0.05, 0.1) is 48.3 Å². The summed E-state index contributed by atoms with van der Waals surface area (Å²) in [7, 11) is 1.55. The zero-order chi connectivity index (χ0) is 25.2. The standard InChI is InChI=1S/C27H27ClO8/c1-32-24-13-22(34-8-7-33-17-9-16(10-17)27(30)31)19(11-25(24)35-14-15-5-6-15)23-12-21(29)18-3-2-4-20(28)26(18)36-23/h2-4,11-13,15-17H,5-10,14H2,1H3,(H,30,31)/t16-,17+. The molecule has 0 aliphatic heterocycles. The summed E-state index contributed by atoms with van der Waals surface area (Å²) < 4.78 is 29.4. The monoisotopic (exact) mass is 514 g/mol. The number of carboxylic acid groups (broad SMARTS) is 1.